The Labute approximate surface area is 97.1 Å². The molecule has 1 aromatic heterocycles. The fraction of sp³-hybridized carbons (Fsp3) is 0.571. The first-order valence-electron chi connectivity index (χ1n) is 6.22. The van der Waals surface area contributed by atoms with Crippen LogP contribution in [0.25, 0.3) is 0 Å². The Morgan fingerprint density at radius 2 is 2.06 bits per heavy atom. The van der Waals surface area contributed by atoms with Crippen LogP contribution in [0.5, 0.6) is 0 Å². The van der Waals surface area contributed by atoms with Crippen molar-refractivity contribution in [3.05, 3.63) is 29.6 Å². The van der Waals surface area contributed by atoms with Crippen molar-refractivity contribution in [1.82, 2.24) is 4.98 Å². The predicted octanol–water partition coefficient (Wildman–Crippen LogP) is 3.54. The Kier molecular flexibility index (Phi) is 3.70. The maximum Gasteiger partial charge on any atom is 0.181 e. The maximum atomic E-state index is 12.0. The number of aryl methyl sites for hydroxylation is 1. The van der Waals surface area contributed by atoms with Crippen LogP contribution in [-0.4, -0.2) is 10.8 Å². The van der Waals surface area contributed by atoms with Gasteiger partial charge in [0.05, 0.1) is 0 Å². The molecule has 0 unspecified atom stereocenters. The summed E-state index contributed by atoms with van der Waals surface area (Å²) >= 11 is 0. The molecule has 1 aromatic rings. The van der Waals surface area contributed by atoms with Crippen LogP contribution in [0.2, 0.25) is 0 Å². The number of rotatable bonds is 3. The summed E-state index contributed by atoms with van der Waals surface area (Å²) in [6.07, 6.45) is 7.05. The molecule has 0 radical (unpaired) electrons. The van der Waals surface area contributed by atoms with Crippen LogP contribution in [0, 0.1) is 12.8 Å². The summed E-state index contributed by atoms with van der Waals surface area (Å²) in [6, 6.07) is 5.67. The molecule has 1 saturated carbocycles. The summed E-state index contributed by atoms with van der Waals surface area (Å²) in [5, 5.41) is 0. The Balaban J connectivity index is 1.97. The van der Waals surface area contributed by atoms with Gasteiger partial charge in [-0.05, 0) is 25.0 Å². The van der Waals surface area contributed by atoms with Gasteiger partial charge in [0.2, 0.25) is 0 Å². The molecule has 0 aromatic carbocycles. The predicted molar refractivity (Wildman–Crippen MR) is 64.5 cm³/mol. The molecule has 0 saturated heterocycles. The van der Waals surface area contributed by atoms with Gasteiger partial charge in [0.1, 0.15) is 5.69 Å². The molecule has 1 fully saturated rings. The molecule has 2 nitrogen and oxygen atoms in total. The van der Waals surface area contributed by atoms with Crippen molar-refractivity contribution in [2.24, 2.45) is 5.92 Å². The first-order chi connectivity index (χ1) is 7.75. The van der Waals surface area contributed by atoms with Crippen LogP contribution in [0.3, 0.4) is 0 Å². The second-order valence-corrected chi connectivity index (χ2v) is 4.80. The Morgan fingerprint density at radius 3 is 2.75 bits per heavy atom. The van der Waals surface area contributed by atoms with Gasteiger partial charge in [0, 0.05) is 12.1 Å². The number of Topliss-reactive ketones (excluding diaryl/α,β-unsaturated/α-hetero) is 1. The largest absolute Gasteiger partial charge is 0.292 e. The zero-order valence-electron chi connectivity index (χ0n) is 9.91. The third-order valence-corrected chi connectivity index (χ3v) is 3.37. The molecule has 0 atom stereocenters. The van der Waals surface area contributed by atoms with Crippen LogP contribution in [0.15, 0.2) is 18.2 Å². The van der Waals surface area contributed by atoms with E-state index in [0.717, 1.165) is 5.69 Å². The van der Waals surface area contributed by atoms with Crippen molar-refractivity contribution in [1.29, 1.82) is 0 Å². The van der Waals surface area contributed by atoms with Gasteiger partial charge in [-0.1, -0.05) is 38.2 Å². The third-order valence-electron chi connectivity index (χ3n) is 3.37. The van der Waals surface area contributed by atoms with E-state index in [4.69, 9.17) is 0 Å². The van der Waals surface area contributed by atoms with Gasteiger partial charge in [-0.2, -0.15) is 0 Å². The summed E-state index contributed by atoms with van der Waals surface area (Å²) in [5.41, 5.74) is 1.57. The van der Waals surface area contributed by atoms with Crippen molar-refractivity contribution >= 4 is 5.78 Å². The van der Waals surface area contributed by atoms with Gasteiger partial charge in [-0.25, -0.2) is 0 Å². The lowest BCUT2D eigenvalue weighted by Crippen LogP contribution is -2.13. The van der Waals surface area contributed by atoms with Crippen LogP contribution < -0.4 is 0 Å². The topological polar surface area (TPSA) is 30.0 Å². The summed E-state index contributed by atoms with van der Waals surface area (Å²) in [7, 11) is 0. The molecule has 2 heteroatoms. The van der Waals surface area contributed by atoms with Gasteiger partial charge in [-0.3, -0.25) is 9.78 Å². The molecule has 1 aliphatic carbocycles. The fourth-order valence-corrected chi connectivity index (χ4v) is 2.46. The Hall–Kier alpha value is -1.18. The van der Waals surface area contributed by atoms with Crippen LogP contribution in [-0.2, 0) is 0 Å². The second kappa shape index (κ2) is 5.24. The minimum atomic E-state index is 0.218. The van der Waals surface area contributed by atoms with E-state index in [1.54, 1.807) is 0 Å². The first kappa shape index (κ1) is 11.3. The molecule has 0 spiro atoms. The molecular weight excluding hydrogens is 198 g/mol. The normalized spacial score (nSPS) is 17.3. The molecule has 0 aliphatic heterocycles. The molecule has 86 valence electrons. The highest BCUT2D eigenvalue weighted by Crippen LogP contribution is 2.27. The van der Waals surface area contributed by atoms with E-state index in [1.807, 2.05) is 25.1 Å². The zero-order chi connectivity index (χ0) is 11.4. The van der Waals surface area contributed by atoms with Gasteiger partial charge < -0.3 is 0 Å². The second-order valence-electron chi connectivity index (χ2n) is 4.80. The van der Waals surface area contributed by atoms with Crippen LogP contribution in [0.4, 0.5) is 0 Å². The van der Waals surface area contributed by atoms with Crippen molar-refractivity contribution in [2.45, 2.75) is 45.4 Å². The van der Waals surface area contributed by atoms with Gasteiger partial charge in [0.25, 0.3) is 0 Å². The molecule has 0 amide bonds. The standard InChI is InChI=1S/C14H19NO/c1-11-6-5-9-13(15-11)14(16)10-12-7-3-2-4-8-12/h5-6,9,12H,2-4,7-8,10H2,1H3. The maximum absolute atomic E-state index is 12.0. The summed E-state index contributed by atoms with van der Waals surface area (Å²) < 4.78 is 0. The number of hydrogen-bond acceptors (Lipinski definition) is 2. The SMILES string of the molecule is Cc1cccc(C(=O)CC2CCCCC2)n1. The molecule has 1 aliphatic rings. The molecule has 0 N–H and O–H groups in total. The van der Waals surface area contributed by atoms with Crippen LogP contribution >= 0.6 is 0 Å². The van der Waals surface area contributed by atoms with Gasteiger partial charge in [-0.15, -0.1) is 0 Å². The average molecular weight is 217 g/mol. The van der Waals surface area contributed by atoms with E-state index in [0.29, 0.717) is 18.0 Å². The highest BCUT2D eigenvalue weighted by molar-refractivity contribution is 5.94. The third kappa shape index (κ3) is 2.91. The summed E-state index contributed by atoms with van der Waals surface area (Å²) in [5.74, 6) is 0.819. The van der Waals surface area contributed by atoms with E-state index < -0.39 is 0 Å². The lowest BCUT2D eigenvalue weighted by Gasteiger charge is -2.20. The minimum Gasteiger partial charge on any atom is -0.292 e. The fourth-order valence-electron chi connectivity index (χ4n) is 2.46. The van der Waals surface area contributed by atoms with Crippen molar-refractivity contribution in [3.8, 4) is 0 Å². The van der Waals surface area contributed by atoms with Crippen LogP contribution in [0.1, 0.15) is 54.7 Å². The molecule has 0 bridgehead atoms. The number of pyridine rings is 1. The van der Waals surface area contributed by atoms with E-state index in [9.17, 15) is 4.79 Å². The Bertz CT molecular complexity index is 367. The van der Waals surface area contributed by atoms with Gasteiger partial charge >= 0.3 is 0 Å². The lowest BCUT2D eigenvalue weighted by molar-refractivity contribution is 0.0945. The molecule has 2 rings (SSSR count). The van der Waals surface area contributed by atoms with Crippen molar-refractivity contribution in [2.75, 3.05) is 0 Å². The highest BCUT2D eigenvalue weighted by Gasteiger charge is 2.18. The van der Waals surface area contributed by atoms with E-state index >= 15 is 0 Å². The van der Waals surface area contributed by atoms with E-state index in [-0.39, 0.29) is 5.78 Å². The monoisotopic (exact) mass is 217 g/mol. The van der Waals surface area contributed by atoms with E-state index in [2.05, 4.69) is 4.98 Å². The number of carbonyl (C=O) groups excluding carboxylic acids is 1. The molecular formula is C14H19NO. The van der Waals surface area contributed by atoms with Gasteiger partial charge in [0.15, 0.2) is 5.78 Å². The average Bonchev–Trinajstić information content (AvgIpc) is 2.30. The number of carbonyl (C=O) groups is 1. The van der Waals surface area contributed by atoms with Crippen molar-refractivity contribution in [3.63, 3.8) is 0 Å². The number of hydrogen-bond donors (Lipinski definition) is 0. The summed E-state index contributed by atoms with van der Waals surface area (Å²) in [4.78, 5) is 16.3. The highest BCUT2D eigenvalue weighted by atomic mass is 16.1. The lowest BCUT2D eigenvalue weighted by atomic mass is 9.85. The van der Waals surface area contributed by atoms with E-state index in [1.165, 1.54) is 32.1 Å². The van der Waals surface area contributed by atoms with Crippen molar-refractivity contribution < 1.29 is 4.79 Å². The number of nitrogens with zero attached hydrogens (tertiary/aromatic N) is 1. The summed E-state index contributed by atoms with van der Waals surface area (Å²) in [6.45, 7) is 1.93. The Morgan fingerprint density at radius 1 is 1.31 bits per heavy atom. The zero-order valence-corrected chi connectivity index (χ0v) is 9.91. The molecule has 1 heterocycles. The smallest absolute Gasteiger partial charge is 0.181 e. The quantitative estimate of drug-likeness (QED) is 0.725. The first-order valence-corrected chi connectivity index (χ1v) is 6.22. The number of aromatic nitrogens is 1. The number of ketones is 1. The molecule has 16 heavy (non-hydrogen) atoms. The minimum absolute atomic E-state index is 0.218.